The van der Waals surface area contributed by atoms with Crippen LogP contribution in [0.5, 0.6) is 17.4 Å². The van der Waals surface area contributed by atoms with E-state index < -0.39 is 0 Å². The van der Waals surface area contributed by atoms with E-state index in [1.807, 2.05) is 43.3 Å². The van der Waals surface area contributed by atoms with Crippen molar-refractivity contribution in [1.29, 1.82) is 0 Å². The molecule has 1 aliphatic rings. The van der Waals surface area contributed by atoms with Gasteiger partial charge < -0.3 is 20.1 Å². The zero-order valence-electron chi connectivity index (χ0n) is 16.5. The van der Waals surface area contributed by atoms with Crippen LogP contribution >= 0.6 is 24.0 Å². The number of hydrogen-bond donors (Lipinski definition) is 1. The van der Waals surface area contributed by atoms with Gasteiger partial charge in [-0.1, -0.05) is 25.1 Å². The summed E-state index contributed by atoms with van der Waals surface area (Å²) in [6.07, 6.45) is 4.21. The van der Waals surface area contributed by atoms with Gasteiger partial charge in [0, 0.05) is 25.4 Å². The first-order chi connectivity index (χ1) is 13.2. The molecule has 2 N–H and O–H groups in total. The number of halogens is 1. The van der Waals surface area contributed by atoms with Crippen LogP contribution in [0.4, 0.5) is 0 Å². The first-order valence-electron chi connectivity index (χ1n) is 9.55. The Morgan fingerprint density at radius 3 is 2.71 bits per heavy atom. The van der Waals surface area contributed by atoms with E-state index in [1.54, 1.807) is 6.20 Å². The largest absolute Gasteiger partial charge is 0.490 e. The zero-order valence-corrected chi connectivity index (χ0v) is 18.8. The Bertz CT molecular complexity index is 767. The molecule has 0 amide bonds. The Balaban J connectivity index is 0.00000280. The first kappa shape index (κ1) is 22.3. The number of aliphatic imine (C=N–C) groups is 1. The van der Waals surface area contributed by atoms with Crippen LogP contribution in [0.15, 0.2) is 47.6 Å². The van der Waals surface area contributed by atoms with Gasteiger partial charge in [-0.25, -0.2) is 9.98 Å². The number of piperidine rings is 1. The molecule has 1 unspecified atom stereocenters. The molecule has 7 heteroatoms. The third-order valence-corrected chi connectivity index (χ3v) is 4.57. The molecule has 2 aromatic rings. The lowest BCUT2D eigenvalue weighted by Gasteiger charge is -2.31. The van der Waals surface area contributed by atoms with E-state index in [2.05, 4.69) is 21.8 Å². The Morgan fingerprint density at radius 2 is 2.04 bits per heavy atom. The number of benzene rings is 1. The quantitative estimate of drug-likeness (QED) is 0.364. The Morgan fingerprint density at radius 1 is 1.25 bits per heavy atom. The maximum atomic E-state index is 6.15. The summed E-state index contributed by atoms with van der Waals surface area (Å²) in [6, 6.07) is 11.4. The van der Waals surface area contributed by atoms with E-state index in [0.29, 0.717) is 42.4 Å². The van der Waals surface area contributed by atoms with Crippen molar-refractivity contribution in [3.8, 4) is 17.4 Å². The average Bonchev–Trinajstić information content (AvgIpc) is 2.69. The van der Waals surface area contributed by atoms with Crippen molar-refractivity contribution in [2.45, 2.75) is 33.2 Å². The minimum atomic E-state index is 0. The molecule has 1 aliphatic heterocycles. The number of guanidine groups is 1. The van der Waals surface area contributed by atoms with Gasteiger partial charge >= 0.3 is 0 Å². The molecule has 0 spiro atoms. The molecule has 1 aromatic heterocycles. The second-order valence-electron chi connectivity index (χ2n) is 6.85. The molecule has 1 aromatic carbocycles. The molecule has 6 nitrogen and oxygen atoms in total. The number of likely N-dealkylation sites (tertiary alicyclic amines) is 1. The summed E-state index contributed by atoms with van der Waals surface area (Å²) in [6.45, 7) is 7.28. The van der Waals surface area contributed by atoms with Gasteiger partial charge in [0.15, 0.2) is 17.5 Å². The molecule has 1 fully saturated rings. The summed E-state index contributed by atoms with van der Waals surface area (Å²) in [7, 11) is 0. The molecule has 3 rings (SSSR count). The zero-order chi connectivity index (χ0) is 19.1. The second-order valence-corrected chi connectivity index (χ2v) is 6.85. The molecule has 28 heavy (non-hydrogen) atoms. The molecule has 0 bridgehead atoms. The van der Waals surface area contributed by atoms with Gasteiger partial charge in [0.2, 0.25) is 5.88 Å². The van der Waals surface area contributed by atoms with Crippen LogP contribution in [0.2, 0.25) is 0 Å². The summed E-state index contributed by atoms with van der Waals surface area (Å²) >= 11 is 0. The van der Waals surface area contributed by atoms with Gasteiger partial charge in [-0.15, -0.1) is 24.0 Å². The minimum absolute atomic E-state index is 0. The SMILES string of the molecule is CCOc1ccccc1Oc1ccc(CN=C(N)N2CCCC(C)C2)cn1.I. The predicted octanol–water partition coefficient (Wildman–Crippen LogP) is 4.44. The van der Waals surface area contributed by atoms with Crippen LogP contribution in [0, 0.1) is 5.92 Å². The number of aromatic nitrogens is 1. The van der Waals surface area contributed by atoms with Crippen molar-refractivity contribution in [3.05, 3.63) is 48.2 Å². The van der Waals surface area contributed by atoms with Gasteiger partial charge in [0.1, 0.15) is 0 Å². The molecular formula is C21H29IN4O2. The van der Waals surface area contributed by atoms with E-state index >= 15 is 0 Å². The van der Waals surface area contributed by atoms with E-state index in [0.717, 1.165) is 18.7 Å². The van der Waals surface area contributed by atoms with E-state index in [-0.39, 0.29) is 24.0 Å². The number of ether oxygens (including phenoxy) is 2. The number of rotatable bonds is 6. The number of hydrogen-bond acceptors (Lipinski definition) is 4. The third-order valence-electron chi connectivity index (χ3n) is 4.57. The average molecular weight is 496 g/mol. The van der Waals surface area contributed by atoms with Crippen molar-refractivity contribution in [2.75, 3.05) is 19.7 Å². The van der Waals surface area contributed by atoms with Crippen LogP contribution in [0.25, 0.3) is 0 Å². The molecule has 2 heterocycles. The maximum Gasteiger partial charge on any atom is 0.219 e. The topological polar surface area (TPSA) is 73.0 Å². The van der Waals surface area contributed by atoms with E-state index in [9.17, 15) is 0 Å². The highest BCUT2D eigenvalue weighted by molar-refractivity contribution is 14.0. The van der Waals surface area contributed by atoms with Gasteiger partial charge in [-0.3, -0.25) is 0 Å². The molecule has 1 atom stereocenters. The van der Waals surface area contributed by atoms with Gasteiger partial charge in [-0.2, -0.15) is 0 Å². The Kier molecular flexibility index (Phi) is 8.82. The maximum absolute atomic E-state index is 6.15. The number of para-hydroxylation sites is 2. The molecule has 0 saturated carbocycles. The molecule has 152 valence electrons. The number of pyridine rings is 1. The normalized spacial score (nSPS) is 17.0. The number of nitrogens with zero attached hydrogens (tertiary/aromatic N) is 3. The summed E-state index contributed by atoms with van der Waals surface area (Å²) < 4.78 is 11.4. The summed E-state index contributed by atoms with van der Waals surface area (Å²) in [4.78, 5) is 11.1. The van der Waals surface area contributed by atoms with Crippen LogP contribution < -0.4 is 15.2 Å². The first-order valence-corrected chi connectivity index (χ1v) is 9.55. The highest BCUT2D eigenvalue weighted by atomic mass is 127. The van der Waals surface area contributed by atoms with Gasteiger partial charge in [0.05, 0.1) is 13.2 Å². The summed E-state index contributed by atoms with van der Waals surface area (Å²) in [5.41, 5.74) is 7.15. The standard InChI is InChI=1S/C21H28N4O2.HI/c1-3-26-18-8-4-5-9-19(18)27-20-11-10-17(13-23-20)14-24-21(22)25-12-6-7-16(2)15-25;/h4-5,8-11,13,16H,3,6-7,12,14-15H2,1-2H3,(H2,22,24);1H. The molecule has 1 saturated heterocycles. The Labute approximate surface area is 184 Å². The van der Waals surface area contributed by atoms with Gasteiger partial charge in [-0.05, 0) is 43.4 Å². The van der Waals surface area contributed by atoms with Gasteiger partial charge in [0.25, 0.3) is 0 Å². The molecular weight excluding hydrogens is 467 g/mol. The minimum Gasteiger partial charge on any atom is -0.490 e. The summed E-state index contributed by atoms with van der Waals surface area (Å²) in [5.74, 6) is 3.17. The Hall–Kier alpha value is -2.03. The molecule has 0 radical (unpaired) electrons. The van der Waals surface area contributed by atoms with Crippen molar-refractivity contribution in [2.24, 2.45) is 16.6 Å². The van der Waals surface area contributed by atoms with Crippen LogP contribution in [0.3, 0.4) is 0 Å². The fraction of sp³-hybridized carbons (Fsp3) is 0.429. The lowest BCUT2D eigenvalue weighted by Crippen LogP contribution is -2.43. The van der Waals surface area contributed by atoms with Crippen LogP contribution in [-0.4, -0.2) is 35.5 Å². The van der Waals surface area contributed by atoms with Crippen LogP contribution in [0.1, 0.15) is 32.3 Å². The van der Waals surface area contributed by atoms with Crippen molar-refractivity contribution in [1.82, 2.24) is 9.88 Å². The second kappa shape index (κ2) is 11.1. The predicted molar refractivity (Wildman–Crippen MR) is 123 cm³/mol. The fourth-order valence-corrected chi connectivity index (χ4v) is 3.16. The lowest BCUT2D eigenvalue weighted by molar-refractivity contribution is 0.270. The van der Waals surface area contributed by atoms with Crippen molar-refractivity contribution in [3.63, 3.8) is 0 Å². The highest BCUT2D eigenvalue weighted by Gasteiger charge is 2.17. The third kappa shape index (κ3) is 6.25. The summed E-state index contributed by atoms with van der Waals surface area (Å²) in [5, 5.41) is 0. The lowest BCUT2D eigenvalue weighted by atomic mass is 10.0. The van der Waals surface area contributed by atoms with Crippen molar-refractivity contribution >= 4 is 29.9 Å². The van der Waals surface area contributed by atoms with E-state index in [4.69, 9.17) is 15.2 Å². The fourth-order valence-electron chi connectivity index (χ4n) is 3.16. The monoisotopic (exact) mass is 496 g/mol. The number of nitrogens with two attached hydrogens (primary N) is 1. The molecule has 0 aliphatic carbocycles. The smallest absolute Gasteiger partial charge is 0.219 e. The van der Waals surface area contributed by atoms with E-state index in [1.165, 1.54) is 12.8 Å². The highest BCUT2D eigenvalue weighted by Crippen LogP contribution is 2.30. The van der Waals surface area contributed by atoms with Crippen LogP contribution in [-0.2, 0) is 6.54 Å². The van der Waals surface area contributed by atoms with Crippen molar-refractivity contribution < 1.29 is 9.47 Å².